The van der Waals surface area contributed by atoms with Crippen LogP contribution in [0.1, 0.15) is 19.4 Å². The van der Waals surface area contributed by atoms with E-state index < -0.39 is 0 Å². The van der Waals surface area contributed by atoms with Crippen LogP contribution in [0.3, 0.4) is 0 Å². The molecular formula is C24H26N2O3. The van der Waals surface area contributed by atoms with Crippen molar-refractivity contribution in [3.63, 3.8) is 0 Å². The fourth-order valence-corrected chi connectivity index (χ4v) is 3.19. The Morgan fingerprint density at radius 2 is 1.69 bits per heavy atom. The van der Waals surface area contributed by atoms with Crippen molar-refractivity contribution < 1.29 is 14.3 Å². The molecule has 0 N–H and O–H groups in total. The maximum absolute atomic E-state index is 13.1. The van der Waals surface area contributed by atoms with E-state index in [1.165, 1.54) is 4.90 Å². The predicted octanol–water partition coefficient (Wildman–Crippen LogP) is 4.12. The second-order valence-corrected chi connectivity index (χ2v) is 7.36. The molecular weight excluding hydrogens is 364 g/mol. The molecule has 29 heavy (non-hydrogen) atoms. The summed E-state index contributed by atoms with van der Waals surface area (Å²) in [6.45, 7) is 8.63. The van der Waals surface area contributed by atoms with Crippen molar-refractivity contribution in [2.45, 2.75) is 13.8 Å². The number of benzene rings is 2. The molecule has 2 amide bonds. The third-order valence-electron chi connectivity index (χ3n) is 4.66. The van der Waals surface area contributed by atoms with Crippen LogP contribution in [-0.2, 0) is 9.59 Å². The Balaban J connectivity index is 2.02. The van der Waals surface area contributed by atoms with Gasteiger partial charge in [-0.15, -0.1) is 6.58 Å². The summed E-state index contributed by atoms with van der Waals surface area (Å²) in [4.78, 5) is 29.2. The first kappa shape index (κ1) is 20.4. The van der Waals surface area contributed by atoms with Gasteiger partial charge in [-0.3, -0.25) is 14.5 Å². The first-order chi connectivity index (χ1) is 13.9. The number of ether oxygens (including phenoxy) is 1. The standard InChI is InChI=1S/C24H26N2O3/c1-5-15-26-23(27)21(18-11-13-20(14-12-18)29-16-17(2)3)22(24(26)28)25(4)19-9-7-6-8-10-19/h5-14,17H,1,15-16H2,2-4H3. The highest BCUT2D eigenvalue weighted by Gasteiger charge is 2.40. The summed E-state index contributed by atoms with van der Waals surface area (Å²) >= 11 is 0. The number of hydrogen-bond acceptors (Lipinski definition) is 4. The summed E-state index contributed by atoms with van der Waals surface area (Å²) in [5.41, 5.74) is 2.26. The predicted molar refractivity (Wildman–Crippen MR) is 115 cm³/mol. The van der Waals surface area contributed by atoms with Crippen LogP contribution in [0.25, 0.3) is 5.57 Å². The molecule has 0 unspecified atom stereocenters. The van der Waals surface area contributed by atoms with Crippen molar-refractivity contribution in [3.8, 4) is 5.75 Å². The van der Waals surface area contributed by atoms with Crippen LogP contribution < -0.4 is 9.64 Å². The van der Waals surface area contributed by atoms with Crippen LogP contribution in [0.5, 0.6) is 5.75 Å². The number of amides is 2. The van der Waals surface area contributed by atoms with E-state index in [2.05, 4.69) is 20.4 Å². The molecule has 0 bridgehead atoms. The van der Waals surface area contributed by atoms with Gasteiger partial charge in [0.2, 0.25) is 0 Å². The summed E-state index contributed by atoms with van der Waals surface area (Å²) in [7, 11) is 1.80. The smallest absolute Gasteiger partial charge is 0.278 e. The number of hydrogen-bond donors (Lipinski definition) is 0. The molecule has 1 heterocycles. The minimum absolute atomic E-state index is 0.170. The van der Waals surface area contributed by atoms with Crippen LogP contribution >= 0.6 is 0 Å². The summed E-state index contributed by atoms with van der Waals surface area (Å²) in [6.07, 6.45) is 1.56. The molecule has 0 spiro atoms. The zero-order valence-corrected chi connectivity index (χ0v) is 17.1. The van der Waals surface area contributed by atoms with Gasteiger partial charge in [0.05, 0.1) is 12.2 Å². The van der Waals surface area contributed by atoms with Crippen molar-refractivity contribution in [3.05, 3.63) is 78.5 Å². The highest BCUT2D eigenvalue weighted by Crippen LogP contribution is 2.34. The second-order valence-electron chi connectivity index (χ2n) is 7.36. The molecule has 5 nitrogen and oxygen atoms in total. The number of carbonyl (C=O) groups excluding carboxylic acids is 2. The Kier molecular flexibility index (Phi) is 6.17. The average Bonchev–Trinajstić information content (AvgIpc) is 2.97. The van der Waals surface area contributed by atoms with E-state index in [0.29, 0.717) is 29.4 Å². The molecule has 150 valence electrons. The van der Waals surface area contributed by atoms with Crippen molar-refractivity contribution in [2.75, 3.05) is 25.1 Å². The molecule has 0 aliphatic carbocycles. The molecule has 3 rings (SSSR count). The molecule has 2 aromatic carbocycles. The fraction of sp³-hybridized carbons (Fsp3) is 0.250. The van der Waals surface area contributed by atoms with Crippen LogP contribution in [0, 0.1) is 5.92 Å². The summed E-state index contributed by atoms with van der Waals surface area (Å²) in [5, 5.41) is 0. The number of likely N-dealkylation sites (N-methyl/N-ethyl adjacent to an activating group) is 1. The molecule has 0 radical (unpaired) electrons. The molecule has 0 saturated carbocycles. The van der Waals surface area contributed by atoms with Crippen molar-refractivity contribution >= 4 is 23.1 Å². The SMILES string of the molecule is C=CCN1C(=O)C(c2ccc(OCC(C)C)cc2)=C(N(C)c2ccccc2)C1=O. The Labute approximate surface area is 171 Å². The van der Waals surface area contributed by atoms with Crippen molar-refractivity contribution in [2.24, 2.45) is 5.92 Å². The number of para-hydroxylation sites is 1. The monoisotopic (exact) mass is 390 g/mol. The fourth-order valence-electron chi connectivity index (χ4n) is 3.19. The summed E-state index contributed by atoms with van der Waals surface area (Å²) < 4.78 is 5.73. The van der Waals surface area contributed by atoms with Crippen LogP contribution in [0.4, 0.5) is 5.69 Å². The maximum Gasteiger partial charge on any atom is 0.278 e. The van der Waals surface area contributed by atoms with E-state index >= 15 is 0 Å². The van der Waals surface area contributed by atoms with Gasteiger partial charge in [-0.05, 0) is 35.7 Å². The molecule has 2 aromatic rings. The minimum atomic E-state index is -0.323. The Hall–Kier alpha value is -3.34. The van der Waals surface area contributed by atoms with Gasteiger partial charge in [0.15, 0.2) is 0 Å². The number of rotatable bonds is 8. The van der Waals surface area contributed by atoms with Gasteiger partial charge in [0.1, 0.15) is 11.4 Å². The molecule has 0 aromatic heterocycles. The lowest BCUT2D eigenvalue weighted by atomic mass is 10.0. The van der Waals surface area contributed by atoms with Crippen LogP contribution in [-0.4, -0.2) is 36.9 Å². The van der Waals surface area contributed by atoms with E-state index in [1.807, 2.05) is 54.6 Å². The zero-order valence-electron chi connectivity index (χ0n) is 17.1. The van der Waals surface area contributed by atoms with E-state index in [4.69, 9.17) is 4.74 Å². The highest BCUT2D eigenvalue weighted by molar-refractivity contribution is 6.36. The van der Waals surface area contributed by atoms with Crippen molar-refractivity contribution in [1.82, 2.24) is 4.90 Å². The Morgan fingerprint density at radius 3 is 2.28 bits per heavy atom. The summed E-state index contributed by atoms with van der Waals surface area (Å²) in [5.74, 6) is 0.519. The van der Waals surface area contributed by atoms with Gasteiger partial charge < -0.3 is 9.64 Å². The number of carbonyl (C=O) groups is 2. The normalized spacial score (nSPS) is 14.0. The molecule has 0 fully saturated rings. The quantitative estimate of drug-likeness (QED) is 0.502. The average molecular weight is 390 g/mol. The third-order valence-corrected chi connectivity index (χ3v) is 4.66. The molecule has 0 saturated heterocycles. The number of imide groups is 1. The minimum Gasteiger partial charge on any atom is -0.493 e. The van der Waals surface area contributed by atoms with E-state index in [1.54, 1.807) is 18.0 Å². The molecule has 1 aliphatic rings. The van der Waals surface area contributed by atoms with Gasteiger partial charge >= 0.3 is 0 Å². The van der Waals surface area contributed by atoms with E-state index in [9.17, 15) is 9.59 Å². The van der Waals surface area contributed by atoms with Crippen LogP contribution in [0.2, 0.25) is 0 Å². The summed E-state index contributed by atoms with van der Waals surface area (Å²) in [6, 6.07) is 16.8. The van der Waals surface area contributed by atoms with Gasteiger partial charge in [-0.2, -0.15) is 0 Å². The van der Waals surface area contributed by atoms with Gasteiger partial charge in [-0.1, -0.05) is 50.3 Å². The van der Waals surface area contributed by atoms with E-state index in [0.717, 1.165) is 11.4 Å². The first-order valence-electron chi connectivity index (χ1n) is 9.67. The number of anilines is 1. The Morgan fingerprint density at radius 1 is 1.03 bits per heavy atom. The Bertz CT molecular complexity index is 930. The molecule has 5 heteroatoms. The number of nitrogens with zero attached hydrogens (tertiary/aromatic N) is 2. The van der Waals surface area contributed by atoms with Gasteiger partial charge in [0.25, 0.3) is 11.8 Å². The third kappa shape index (κ3) is 4.24. The van der Waals surface area contributed by atoms with Crippen molar-refractivity contribution in [1.29, 1.82) is 0 Å². The lowest BCUT2D eigenvalue weighted by Gasteiger charge is -2.21. The maximum atomic E-state index is 13.1. The first-order valence-corrected chi connectivity index (χ1v) is 9.67. The lowest BCUT2D eigenvalue weighted by Crippen LogP contribution is -2.34. The lowest BCUT2D eigenvalue weighted by molar-refractivity contribution is -0.136. The molecule has 1 aliphatic heterocycles. The van der Waals surface area contributed by atoms with Crippen LogP contribution in [0.15, 0.2) is 72.9 Å². The topological polar surface area (TPSA) is 49.9 Å². The van der Waals surface area contributed by atoms with E-state index in [-0.39, 0.29) is 18.4 Å². The highest BCUT2D eigenvalue weighted by atomic mass is 16.5. The second kappa shape index (κ2) is 8.78. The van der Waals surface area contributed by atoms with Gasteiger partial charge in [-0.25, -0.2) is 0 Å². The largest absolute Gasteiger partial charge is 0.493 e. The zero-order chi connectivity index (χ0) is 21.0. The van der Waals surface area contributed by atoms with Gasteiger partial charge in [0, 0.05) is 19.3 Å². The molecule has 0 atom stereocenters.